The second kappa shape index (κ2) is 3.64. The highest BCUT2D eigenvalue weighted by Gasteiger charge is 2.32. The Labute approximate surface area is 81.2 Å². The molecule has 0 amide bonds. The van der Waals surface area contributed by atoms with Crippen molar-refractivity contribution in [1.82, 2.24) is 10.1 Å². The Morgan fingerprint density at radius 3 is 3.08 bits per heavy atom. The summed E-state index contributed by atoms with van der Waals surface area (Å²) in [6, 6.07) is 0. The summed E-state index contributed by atoms with van der Waals surface area (Å²) in [5, 5.41) is 3.73. The van der Waals surface area contributed by atoms with Crippen molar-refractivity contribution in [2.24, 2.45) is 0 Å². The Morgan fingerprint density at radius 1 is 1.62 bits per heavy atom. The molecule has 0 aromatic carbocycles. The number of hydrogen-bond donors (Lipinski definition) is 0. The quantitative estimate of drug-likeness (QED) is 0.736. The van der Waals surface area contributed by atoms with Crippen LogP contribution in [0.15, 0.2) is 4.52 Å². The summed E-state index contributed by atoms with van der Waals surface area (Å²) in [6.45, 7) is 2.85. The van der Waals surface area contributed by atoms with Crippen LogP contribution >= 0.6 is 11.6 Å². The fourth-order valence-electron chi connectivity index (χ4n) is 1.70. The molecule has 1 aliphatic heterocycles. The average Bonchev–Trinajstić information content (AvgIpc) is 2.71. The van der Waals surface area contributed by atoms with Gasteiger partial charge in [-0.05, 0) is 29.6 Å². The predicted molar refractivity (Wildman–Crippen MR) is 46.7 cm³/mol. The minimum Gasteiger partial charge on any atom is -0.377 e. The number of ether oxygens (including phenoxy) is 1. The van der Waals surface area contributed by atoms with Gasteiger partial charge in [0.15, 0.2) is 0 Å². The van der Waals surface area contributed by atoms with Crippen LogP contribution in [0.2, 0.25) is 5.28 Å². The summed E-state index contributed by atoms with van der Waals surface area (Å²) in [5.74, 6) is 0.833. The van der Waals surface area contributed by atoms with E-state index in [0.29, 0.717) is 5.89 Å². The van der Waals surface area contributed by atoms with Crippen molar-refractivity contribution in [2.45, 2.75) is 31.8 Å². The van der Waals surface area contributed by atoms with Gasteiger partial charge in [0.2, 0.25) is 5.89 Å². The van der Waals surface area contributed by atoms with Crippen LogP contribution in [-0.4, -0.2) is 22.9 Å². The van der Waals surface area contributed by atoms with Gasteiger partial charge in [0, 0.05) is 6.61 Å². The van der Waals surface area contributed by atoms with Crippen LogP contribution in [0.3, 0.4) is 0 Å². The molecule has 0 N–H and O–H groups in total. The van der Waals surface area contributed by atoms with Crippen LogP contribution in [0.4, 0.5) is 0 Å². The molecule has 0 bridgehead atoms. The minimum atomic E-state index is 0.178. The van der Waals surface area contributed by atoms with Crippen LogP contribution < -0.4 is 0 Å². The lowest BCUT2D eigenvalue weighted by molar-refractivity contribution is 0.0953. The molecule has 1 saturated heterocycles. The summed E-state index contributed by atoms with van der Waals surface area (Å²) in [5.41, 5.74) is 0. The zero-order valence-corrected chi connectivity index (χ0v) is 8.12. The lowest BCUT2D eigenvalue weighted by Crippen LogP contribution is -2.12. The SMILES string of the molecule is CCC1OCCC1c1nc(Cl)no1. The van der Waals surface area contributed by atoms with Gasteiger partial charge >= 0.3 is 0 Å². The molecule has 2 unspecified atom stereocenters. The Kier molecular flexibility index (Phi) is 2.51. The number of rotatable bonds is 2. The number of halogens is 1. The fourth-order valence-corrected chi connectivity index (χ4v) is 1.82. The predicted octanol–water partition coefficient (Wildman–Crippen LogP) is 2.01. The molecular weight excluding hydrogens is 192 g/mol. The van der Waals surface area contributed by atoms with Gasteiger partial charge in [-0.15, -0.1) is 0 Å². The van der Waals surface area contributed by atoms with E-state index in [1.807, 2.05) is 0 Å². The van der Waals surface area contributed by atoms with Gasteiger partial charge in [0.05, 0.1) is 12.0 Å². The molecule has 2 heterocycles. The maximum atomic E-state index is 5.57. The number of nitrogens with zero attached hydrogens (tertiary/aromatic N) is 2. The molecule has 1 aromatic rings. The van der Waals surface area contributed by atoms with Crippen LogP contribution in [-0.2, 0) is 4.74 Å². The highest BCUT2D eigenvalue weighted by molar-refractivity contribution is 6.28. The first-order valence-corrected chi connectivity index (χ1v) is 4.79. The van der Waals surface area contributed by atoms with Crippen LogP contribution in [0.1, 0.15) is 31.6 Å². The van der Waals surface area contributed by atoms with Crippen molar-refractivity contribution < 1.29 is 9.26 Å². The Morgan fingerprint density at radius 2 is 2.46 bits per heavy atom. The Balaban J connectivity index is 2.15. The van der Waals surface area contributed by atoms with E-state index in [1.54, 1.807) is 0 Å². The lowest BCUT2D eigenvalue weighted by Gasteiger charge is -2.11. The van der Waals surface area contributed by atoms with E-state index in [9.17, 15) is 0 Å². The molecule has 72 valence electrons. The highest BCUT2D eigenvalue weighted by Crippen LogP contribution is 2.32. The van der Waals surface area contributed by atoms with Crippen LogP contribution in [0, 0.1) is 0 Å². The Bertz CT molecular complexity index is 289. The van der Waals surface area contributed by atoms with E-state index in [1.165, 1.54) is 0 Å². The van der Waals surface area contributed by atoms with Crippen molar-refractivity contribution in [1.29, 1.82) is 0 Å². The van der Waals surface area contributed by atoms with E-state index in [-0.39, 0.29) is 17.3 Å². The van der Waals surface area contributed by atoms with Gasteiger partial charge in [-0.1, -0.05) is 6.92 Å². The lowest BCUT2D eigenvalue weighted by atomic mass is 10.00. The van der Waals surface area contributed by atoms with Crippen molar-refractivity contribution >= 4 is 11.6 Å². The second-order valence-electron chi connectivity index (χ2n) is 3.11. The molecular formula is C8H11ClN2O2. The standard InChI is InChI=1S/C8H11ClN2O2/c1-2-6-5(3-4-12-6)7-10-8(9)11-13-7/h5-6H,2-4H2,1H3. The molecule has 0 saturated carbocycles. The summed E-state index contributed by atoms with van der Waals surface area (Å²) in [6.07, 6.45) is 2.11. The molecule has 5 heteroatoms. The maximum absolute atomic E-state index is 5.57. The summed E-state index contributed by atoms with van der Waals surface area (Å²) < 4.78 is 10.5. The smallest absolute Gasteiger partial charge is 0.263 e. The van der Waals surface area contributed by atoms with Gasteiger partial charge in [-0.2, -0.15) is 4.98 Å². The topological polar surface area (TPSA) is 48.2 Å². The maximum Gasteiger partial charge on any atom is 0.263 e. The molecule has 4 nitrogen and oxygen atoms in total. The van der Waals surface area contributed by atoms with Gasteiger partial charge in [-0.25, -0.2) is 0 Å². The summed E-state index contributed by atoms with van der Waals surface area (Å²) in [4.78, 5) is 4.00. The normalized spacial score (nSPS) is 28.2. The average molecular weight is 203 g/mol. The second-order valence-corrected chi connectivity index (χ2v) is 3.45. The van der Waals surface area contributed by atoms with Crippen LogP contribution in [0.5, 0.6) is 0 Å². The first-order valence-electron chi connectivity index (χ1n) is 4.42. The molecule has 0 spiro atoms. The van der Waals surface area contributed by atoms with E-state index >= 15 is 0 Å². The van der Waals surface area contributed by atoms with Gasteiger partial charge in [-0.3, -0.25) is 0 Å². The molecule has 0 aliphatic carbocycles. The van der Waals surface area contributed by atoms with Crippen molar-refractivity contribution in [3.8, 4) is 0 Å². The van der Waals surface area contributed by atoms with Crippen molar-refractivity contribution in [3.05, 3.63) is 11.2 Å². The monoisotopic (exact) mass is 202 g/mol. The van der Waals surface area contributed by atoms with Gasteiger partial charge in [0.1, 0.15) is 0 Å². The van der Waals surface area contributed by atoms with Crippen LogP contribution in [0.25, 0.3) is 0 Å². The zero-order valence-electron chi connectivity index (χ0n) is 7.36. The van der Waals surface area contributed by atoms with Gasteiger partial charge < -0.3 is 9.26 Å². The summed E-state index contributed by atoms with van der Waals surface area (Å²) in [7, 11) is 0. The van der Waals surface area contributed by atoms with Gasteiger partial charge in [0.25, 0.3) is 5.28 Å². The molecule has 1 aromatic heterocycles. The number of aromatic nitrogens is 2. The summed E-state index contributed by atoms with van der Waals surface area (Å²) >= 11 is 5.57. The number of hydrogen-bond acceptors (Lipinski definition) is 4. The molecule has 13 heavy (non-hydrogen) atoms. The van der Waals surface area contributed by atoms with E-state index in [4.69, 9.17) is 20.9 Å². The molecule has 1 aliphatic rings. The van der Waals surface area contributed by atoms with Crippen molar-refractivity contribution in [2.75, 3.05) is 6.61 Å². The first kappa shape index (κ1) is 8.97. The third-order valence-electron chi connectivity index (χ3n) is 2.35. The third kappa shape index (κ3) is 1.69. The Hall–Kier alpha value is -0.610. The van der Waals surface area contributed by atoms with Crippen molar-refractivity contribution in [3.63, 3.8) is 0 Å². The molecule has 2 atom stereocenters. The fraction of sp³-hybridized carbons (Fsp3) is 0.750. The zero-order chi connectivity index (χ0) is 9.26. The largest absolute Gasteiger partial charge is 0.377 e. The highest BCUT2D eigenvalue weighted by atomic mass is 35.5. The first-order chi connectivity index (χ1) is 6.31. The van der Waals surface area contributed by atoms with E-state index in [0.717, 1.165) is 19.4 Å². The van der Waals surface area contributed by atoms with E-state index < -0.39 is 0 Å². The molecule has 1 fully saturated rings. The third-order valence-corrected chi connectivity index (χ3v) is 2.50. The molecule has 2 rings (SSSR count). The van der Waals surface area contributed by atoms with E-state index in [2.05, 4.69) is 17.1 Å². The minimum absolute atomic E-state index is 0.178. The molecule has 0 radical (unpaired) electrons.